The monoisotopic (exact) mass is 283 g/mol. The summed E-state index contributed by atoms with van der Waals surface area (Å²) in [6.07, 6.45) is 0. The van der Waals surface area contributed by atoms with E-state index in [1.54, 1.807) is 37.3 Å². The second-order valence-corrected chi connectivity index (χ2v) is 5.00. The molecule has 94 valence electrons. The van der Waals surface area contributed by atoms with Crippen LogP contribution in [0.25, 0.3) is 0 Å². The summed E-state index contributed by atoms with van der Waals surface area (Å²) in [6, 6.07) is 9.58. The molecule has 0 fully saturated rings. The van der Waals surface area contributed by atoms with Gasteiger partial charge in [-0.25, -0.2) is 4.39 Å². The van der Waals surface area contributed by atoms with E-state index in [4.69, 9.17) is 28.9 Å². The first-order valence-electron chi connectivity index (χ1n) is 5.45. The summed E-state index contributed by atoms with van der Waals surface area (Å²) < 4.78 is 13.2. The predicted molar refractivity (Wildman–Crippen MR) is 73.6 cm³/mol. The van der Waals surface area contributed by atoms with Crippen molar-refractivity contribution >= 4 is 23.2 Å². The van der Waals surface area contributed by atoms with Crippen LogP contribution in [0.3, 0.4) is 0 Å². The Morgan fingerprint density at radius 2 is 1.83 bits per heavy atom. The summed E-state index contributed by atoms with van der Waals surface area (Å²) in [4.78, 5) is 0. The number of hydrogen-bond donors (Lipinski definition) is 1. The molecule has 18 heavy (non-hydrogen) atoms. The van der Waals surface area contributed by atoms with Gasteiger partial charge in [0.1, 0.15) is 5.82 Å². The van der Waals surface area contributed by atoms with Gasteiger partial charge in [0.05, 0.1) is 6.04 Å². The molecule has 0 aromatic heterocycles. The molecular formula is C14H12Cl2FN. The summed E-state index contributed by atoms with van der Waals surface area (Å²) in [5, 5.41) is 1.07. The fourth-order valence-corrected chi connectivity index (χ4v) is 2.32. The average molecular weight is 284 g/mol. The second kappa shape index (κ2) is 5.27. The first-order valence-corrected chi connectivity index (χ1v) is 6.21. The van der Waals surface area contributed by atoms with Gasteiger partial charge in [-0.3, -0.25) is 0 Å². The van der Waals surface area contributed by atoms with Gasteiger partial charge in [-0.2, -0.15) is 0 Å². The van der Waals surface area contributed by atoms with Gasteiger partial charge >= 0.3 is 0 Å². The zero-order valence-corrected chi connectivity index (χ0v) is 11.3. The largest absolute Gasteiger partial charge is 0.320 e. The quantitative estimate of drug-likeness (QED) is 0.864. The summed E-state index contributed by atoms with van der Waals surface area (Å²) in [6.45, 7) is 1.70. The van der Waals surface area contributed by atoms with Crippen molar-refractivity contribution in [1.82, 2.24) is 0 Å². The highest BCUT2D eigenvalue weighted by atomic mass is 35.5. The summed E-state index contributed by atoms with van der Waals surface area (Å²) in [5.74, 6) is -0.242. The normalized spacial score (nSPS) is 12.5. The van der Waals surface area contributed by atoms with Crippen molar-refractivity contribution < 1.29 is 4.39 Å². The van der Waals surface area contributed by atoms with Crippen molar-refractivity contribution in [2.75, 3.05) is 0 Å². The van der Waals surface area contributed by atoms with E-state index in [2.05, 4.69) is 0 Å². The number of benzene rings is 2. The predicted octanol–water partition coefficient (Wildman–Crippen LogP) is 4.49. The highest BCUT2D eigenvalue weighted by Gasteiger charge is 2.13. The molecule has 1 nitrogen and oxygen atoms in total. The Morgan fingerprint density at radius 1 is 1.11 bits per heavy atom. The van der Waals surface area contributed by atoms with Crippen LogP contribution in [0.4, 0.5) is 4.39 Å². The molecule has 0 bridgehead atoms. The van der Waals surface area contributed by atoms with Gasteiger partial charge in [-0.15, -0.1) is 0 Å². The summed E-state index contributed by atoms with van der Waals surface area (Å²) >= 11 is 11.9. The van der Waals surface area contributed by atoms with E-state index in [-0.39, 0.29) is 5.82 Å². The first kappa shape index (κ1) is 13.3. The third-order valence-electron chi connectivity index (χ3n) is 2.84. The molecule has 0 aliphatic carbocycles. The van der Waals surface area contributed by atoms with E-state index in [1.165, 1.54) is 6.07 Å². The summed E-state index contributed by atoms with van der Waals surface area (Å²) in [5.41, 5.74) is 8.29. The molecule has 0 spiro atoms. The van der Waals surface area contributed by atoms with E-state index >= 15 is 0 Å². The van der Waals surface area contributed by atoms with Gasteiger partial charge in [-0.1, -0.05) is 41.4 Å². The van der Waals surface area contributed by atoms with Crippen molar-refractivity contribution in [3.05, 3.63) is 69.0 Å². The van der Waals surface area contributed by atoms with Crippen molar-refractivity contribution in [1.29, 1.82) is 0 Å². The molecule has 2 aromatic rings. The van der Waals surface area contributed by atoms with Gasteiger partial charge in [0, 0.05) is 10.0 Å². The van der Waals surface area contributed by atoms with Crippen LogP contribution < -0.4 is 5.73 Å². The van der Waals surface area contributed by atoms with E-state index in [0.717, 1.165) is 11.1 Å². The van der Waals surface area contributed by atoms with Crippen molar-refractivity contribution in [2.45, 2.75) is 13.0 Å². The van der Waals surface area contributed by atoms with Gasteiger partial charge < -0.3 is 5.73 Å². The van der Waals surface area contributed by atoms with Gasteiger partial charge in [0.15, 0.2) is 0 Å². The Hall–Kier alpha value is -1.09. The standard InChI is InChI=1S/C14H12Cl2FN/c1-8-6-9(2-5-13(8)17)14(18)11-4-3-10(15)7-12(11)16/h2-7,14H,18H2,1H3. The Kier molecular flexibility index (Phi) is 3.91. The van der Waals surface area contributed by atoms with Crippen LogP contribution in [-0.4, -0.2) is 0 Å². The lowest BCUT2D eigenvalue weighted by Gasteiger charge is -2.15. The molecule has 2 N–H and O–H groups in total. The smallest absolute Gasteiger partial charge is 0.126 e. The highest BCUT2D eigenvalue weighted by Crippen LogP contribution is 2.29. The third-order valence-corrected chi connectivity index (χ3v) is 3.40. The molecule has 2 aromatic carbocycles. The lowest BCUT2D eigenvalue weighted by Crippen LogP contribution is -2.12. The van der Waals surface area contributed by atoms with Crippen LogP contribution in [0.2, 0.25) is 10.0 Å². The van der Waals surface area contributed by atoms with E-state index in [1.807, 2.05) is 0 Å². The van der Waals surface area contributed by atoms with Crippen LogP contribution in [0.15, 0.2) is 36.4 Å². The maximum atomic E-state index is 13.2. The zero-order valence-electron chi connectivity index (χ0n) is 9.75. The van der Waals surface area contributed by atoms with E-state index in [9.17, 15) is 4.39 Å². The zero-order chi connectivity index (χ0) is 13.3. The maximum absolute atomic E-state index is 13.2. The van der Waals surface area contributed by atoms with Crippen molar-refractivity contribution in [3.63, 3.8) is 0 Å². The highest BCUT2D eigenvalue weighted by molar-refractivity contribution is 6.35. The van der Waals surface area contributed by atoms with Gasteiger partial charge in [-0.05, 0) is 41.8 Å². The lowest BCUT2D eigenvalue weighted by atomic mass is 9.98. The Morgan fingerprint density at radius 3 is 2.44 bits per heavy atom. The number of rotatable bonds is 2. The van der Waals surface area contributed by atoms with Crippen LogP contribution in [0.1, 0.15) is 22.7 Å². The molecule has 0 aliphatic heterocycles. The molecule has 0 saturated heterocycles. The minimum atomic E-state index is -0.394. The fourth-order valence-electron chi connectivity index (χ4n) is 1.79. The Bertz CT molecular complexity index is 584. The molecule has 0 saturated carbocycles. The van der Waals surface area contributed by atoms with Crippen LogP contribution >= 0.6 is 23.2 Å². The molecule has 0 aliphatic rings. The molecule has 1 unspecified atom stereocenters. The molecule has 0 heterocycles. The SMILES string of the molecule is Cc1cc(C(N)c2ccc(Cl)cc2Cl)ccc1F. The lowest BCUT2D eigenvalue weighted by molar-refractivity contribution is 0.617. The fraction of sp³-hybridized carbons (Fsp3) is 0.143. The molecule has 1 atom stereocenters. The molecule has 0 amide bonds. The summed E-state index contributed by atoms with van der Waals surface area (Å²) in [7, 11) is 0. The van der Waals surface area contributed by atoms with Crippen LogP contribution in [0, 0.1) is 12.7 Å². The van der Waals surface area contributed by atoms with E-state index in [0.29, 0.717) is 15.6 Å². The molecule has 0 radical (unpaired) electrons. The maximum Gasteiger partial charge on any atom is 0.126 e. The van der Waals surface area contributed by atoms with Gasteiger partial charge in [0.25, 0.3) is 0 Å². The van der Waals surface area contributed by atoms with Crippen molar-refractivity contribution in [3.8, 4) is 0 Å². The minimum absolute atomic E-state index is 0.242. The number of halogens is 3. The molecule has 4 heteroatoms. The number of hydrogen-bond acceptors (Lipinski definition) is 1. The topological polar surface area (TPSA) is 26.0 Å². The number of nitrogens with two attached hydrogens (primary N) is 1. The Balaban J connectivity index is 2.41. The van der Waals surface area contributed by atoms with Crippen molar-refractivity contribution in [2.24, 2.45) is 5.73 Å². The third kappa shape index (κ3) is 2.66. The van der Waals surface area contributed by atoms with E-state index < -0.39 is 6.04 Å². The minimum Gasteiger partial charge on any atom is -0.320 e. The molecular weight excluding hydrogens is 272 g/mol. The molecule has 2 rings (SSSR count). The van der Waals surface area contributed by atoms with Crippen LogP contribution in [-0.2, 0) is 0 Å². The number of aryl methyl sites for hydroxylation is 1. The Labute approximate surface area is 115 Å². The average Bonchev–Trinajstić information content (AvgIpc) is 2.32. The van der Waals surface area contributed by atoms with Crippen LogP contribution in [0.5, 0.6) is 0 Å². The first-order chi connectivity index (χ1) is 8.49. The van der Waals surface area contributed by atoms with Gasteiger partial charge in [0.2, 0.25) is 0 Å². The second-order valence-electron chi connectivity index (χ2n) is 4.15.